The first-order chi connectivity index (χ1) is 9.82. The Balaban J connectivity index is 3.20. The van der Waals surface area contributed by atoms with Crippen LogP contribution >= 0.6 is 0 Å². The second-order valence-electron chi connectivity index (χ2n) is 4.99. The number of nitrogens with zero attached hydrogens (tertiary/aromatic N) is 1. The van der Waals surface area contributed by atoms with Crippen molar-refractivity contribution in [1.29, 1.82) is 0 Å². The van der Waals surface area contributed by atoms with Gasteiger partial charge in [-0.15, -0.1) is 6.42 Å². The summed E-state index contributed by atoms with van der Waals surface area (Å²) in [5.74, 6) is 2.64. The smallest absolute Gasteiger partial charge is 0.247 e. The molecule has 0 aliphatic heterocycles. The van der Waals surface area contributed by atoms with Crippen LogP contribution in [0.15, 0.2) is 23.1 Å². The van der Waals surface area contributed by atoms with Crippen LogP contribution in [0.25, 0.3) is 0 Å². The van der Waals surface area contributed by atoms with Gasteiger partial charge in [0.2, 0.25) is 10.0 Å². The SMILES string of the molecule is C#CCN(C)S(=O)(=O)c1cc(CNC(C)C)ccc1OC. The Morgan fingerprint density at radius 2 is 2.10 bits per heavy atom. The number of nitrogens with one attached hydrogen (secondary N) is 1. The quantitative estimate of drug-likeness (QED) is 0.774. The molecule has 0 aliphatic rings. The van der Waals surface area contributed by atoms with Gasteiger partial charge in [0.05, 0.1) is 13.7 Å². The first-order valence-corrected chi connectivity index (χ1v) is 8.07. The Labute approximate surface area is 127 Å². The first-order valence-electron chi connectivity index (χ1n) is 6.63. The van der Waals surface area contributed by atoms with Crippen LogP contribution in [0.4, 0.5) is 0 Å². The van der Waals surface area contributed by atoms with Gasteiger partial charge in [0, 0.05) is 19.6 Å². The molecule has 0 bridgehead atoms. The lowest BCUT2D eigenvalue weighted by Crippen LogP contribution is -2.28. The molecule has 0 amide bonds. The Morgan fingerprint density at radius 3 is 2.62 bits per heavy atom. The van der Waals surface area contributed by atoms with Crippen LogP contribution in [0, 0.1) is 12.3 Å². The van der Waals surface area contributed by atoms with E-state index in [0.717, 1.165) is 9.87 Å². The minimum absolute atomic E-state index is 0.0138. The van der Waals surface area contributed by atoms with Crippen molar-refractivity contribution in [2.75, 3.05) is 20.7 Å². The molecule has 0 atom stereocenters. The average Bonchev–Trinajstić information content (AvgIpc) is 2.44. The number of hydrogen-bond donors (Lipinski definition) is 1. The number of hydrogen-bond acceptors (Lipinski definition) is 4. The molecule has 1 N–H and O–H groups in total. The van der Waals surface area contributed by atoms with E-state index < -0.39 is 10.0 Å². The summed E-state index contributed by atoms with van der Waals surface area (Å²) in [6, 6.07) is 5.44. The molecule has 0 spiro atoms. The fourth-order valence-corrected chi connectivity index (χ4v) is 3.02. The minimum Gasteiger partial charge on any atom is -0.495 e. The van der Waals surface area contributed by atoms with Crippen molar-refractivity contribution in [2.45, 2.75) is 31.3 Å². The van der Waals surface area contributed by atoms with Gasteiger partial charge in [0.1, 0.15) is 10.6 Å². The van der Waals surface area contributed by atoms with Crippen LogP contribution < -0.4 is 10.1 Å². The predicted octanol–water partition coefficient (Wildman–Crippen LogP) is 1.45. The summed E-state index contributed by atoms with van der Waals surface area (Å²) in [6.07, 6.45) is 5.19. The zero-order valence-corrected chi connectivity index (χ0v) is 13.7. The van der Waals surface area contributed by atoms with Gasteiger partial charge >= 0.3 is 0 Å². The average molecular weight is 310 g/mol. The van der Waals surface area contributed by atoms with Gasteiger partial charge in [-0.25, -0.2) is 8.42 Å². The molecule has 0 aromatic heterocycles. The Hall–Kier alpha value is -1.55. The summed E-state index contributed by atoms with van der Waals surface area (Å²) >= 11 is 0. The molecule has 0 saturated carbocycles. The van der Waals surface area contributed by atoms with E-state index in [1.165, 1.54) is 14.2 Å². The van der Waals surface area contributed by atoms with Gasteiger partial charge in [-0.2, -0.15) is 4.31 Å². The molecule has 0 saturated heterocycles. The summed E-state index contributed by atoms with van der Waals surface area (Å²) in [4.78, 5) is 0.130. The highest BCUT2D eigenvalue weighted by molar-refractivity contribution is 7.89. The predicted molar refractivity (Wildman–Crippen MR) is 83.6 cm³/mol. The Bertz CT molecular complexity index is 618. The van der Waals surface area contributed by atoms with Gasteiger partial charge in [0.15, 0.2) is 0 Å². The molecule has 0 heterocycles. The molecule has 1 rings (SSSR count). The van der Waals surface area contributed by atoms with Gasteiger partial charge in [-0.1, -0.05) is 25.8 Å². The van der Waals surface area contributed by atoms with Crippen LogP contribution in [-0.2, 0) is 16.6 Å². The van der Waals surface area contributed by atoms with E-state index in [-0.39, 0.29) is 11.4 Å². The topological polar surface area (TPSA) is 58.6 Å². The molecule has 0 aliphatic carbocycles. The maximum Gasteiger partial charge on any atom is 0.247 e. The highest BCUT2D eigenvalue weighted by atomic mass is 32.2. The van der Waals surface area contributed by atoms with Crippen molar-refractivity contribution in [1.82, 2.24) is 9.62 Å². The lowest BCUT2D eigenvalue weighted by Gasteiger charge is -2.18. The Morgan fingerprint density at radius 1 is 1.43 bits per heavy atom. The molecule has 0 unspecified atom stereocenters. The number of terminal acetylenes is 1. The van der Waals surface area contributed by atoms with E-state index in [0.29, 0.717) is 18.3 Å². The van der Waals surface area contributed by atoms with Crippen LogP contribution in [0.2, 0.25) is 0 Å². The highest BCUT2D eigenvalue weighted by Gasteiger charge is 2.24. The second-order valence-corrected chi connectivity index (χ2v) is 7.00. The van der Waals surface area contributed by atoms with E-state index in [9.17, 15) is 8.42 Å². The molecule has 116 valence electrons. The fourth-order valence-electron chi connectivity index (χ4n) is 1.74. The van der Waals surface area contributed by atoms with Crippen molar-refractivity contribution in [3.05, 3.63) is 23.8 Å². The van der Waals surface area contributed by atoms with E-state index in [4.69, 9.17) is 11.2 Å². The maximum absolute atomic E-state index is 12.5. The van der Waals surface area contributed by atoms with Crippen LogP contribution in [-0.4, -0.2) is 39.5 Å². The van der Waals surface area contributed by atoms with Gasteiger partial charge in [-0.3, -0.25) is 0 Å². The van der Waals surface area contributed by atoms with Gasteiger partial charge in [0.25, 0.3) is 0 Å². The summed E-state index contributed by atoms with van der Waals surface area (Å²) < 4.78 is 31.3. The summed E-state index contributed by atoms with van der Waals surface area (Å²) in [5, 5.41) is 3.25. The van der Waals surface area contributed by atoms with Crippen molar-refractivity contribution in [2.24, 2.45) is 0 Å². The number of ether oxygens (including phenoxy) is 1. The molecule has 1 aromatic carbocycles. The third kappa shape index (κ3) is 4.46. The monoisotopic (exact) mass is 310 g/mol. The normalized spacial score (nSPS) is 11.7. The molecule has 6 heteroatoms. The molecule has 1 aromatic rings. The lowest BCUT2D eigenvalue weighted by atomic mass is 10.2. The zero-order valence-electron chi connectivity index (χ0n) is 12.9. The number of benzene rings is 1. The van der Waals surface area contributed by atoms with E-state index in [1.807, 2.05) is 19.9 Å². The van der Waals surface area contributed by atoms with Crippen molar-refractivity contribution in [3.63, 3.8) is 0 Å². The van der Waals surface area contributed by atoms with Crippen LogP contribution in [0.5, 0.6) is 5.75 Å². The molecular formula is C15H22N2O3S. The zero-order chi connectivity index (χ0) is 16.0. The molecule has 0 fully saturated rings. The van der Waals surface area contributed by atoms with Crippen molar-refractivity contribution >= 4 is 10.0 Å². The summed E-state index contributed by atoms with van der Waals surface area (Å²) in [6.45, 7) is 4.66. The molecular weight excluding hydrogens is 288 g/mol. The van der Waals surface area contributed by atoms with Gasteiger partial charge < -0.3 is 10.1 Å². The Kier molecular flexibility index (Phi) is 6.21. The molecule has 0 radical (unpaired) electrons. The lowest BCUT2D eigenvalue weighted by molar-refractivity contribution is 0.399. The minimum atomic E-state index is -3.67. The number of methoxy groups -OCH3 is 1. The third-order valence-corrected chi connectivity index (χ3v) is 4.77. The van der Waals surface area contributed by atoms with Gasteiger partial charge in [-0.05, 0) is 17.7 Å². The van der Waals surface area contributed by atoms with Crippen molar-refractivity contribution < 1.29 is 13.2 Å². The van der Waals surface area contributed by atoms with E-state index >= 15 is 0 Å². The largest absolute Gasteiger partial charge is 0.495 e. The number of sulfonamides is 1. The maximum atomic E-state index is 12.5. The van der Waals surface area contributed by atoms with E-state index in [1.54, 1.807) is 12.1 Å². The summed E-state index contributed by atoms with van der Waals surface area (Å²) in [7, 11) is -0.769. The molecule has 5 nitrogen and oxygen atoms in total. The fraction of sp³-hybridized carbons (Fsp3) is 0.467. The highest BCUT2D eigenvalue weighted by Crippen LogP contribution is 2.27. The van der Waals surface area contributed by atoms with E-state index in [2.05, 4.69) is 11.2 Å². The second kappa shape index (κ2) is 7.46. The summed E-state index contributed by atoms with van der Waals surface area (Å²) in [5.41, 5.74) is 0.872. The third-order valence-electron chi connectivity index (χ3n) is 2.94. The standard InChI is InChI=1S/C15H22N2O3S/c1-6-9-17(4)21(18,19)15-10-13(11-16-12(2)3)7-8-14(15)20-5/h1,7-8,10,12,16H,9,11H2,2-5H3. The molecule has 21 heavy (non-hydrogen) atoms. The van der Waals surface area contributed by atoms with Crippen LogP contribution in [0.3, 0.4) is 0 Å². The number of rotatable bonds is 7. The van der Waals surface area contributed by atoms with Crippen LogP contribution in [0.1, 0.15) is 19.4 Å². The van der Waals surface area contributed by atoms with Crippen molar-refractivity contribution in [3.8, 4) is 18.1 Å². The first kappa shape index (κ1) is 17.5.